The fraction of sp³-hybridized carbons (Fsp3) is 0.200. The topological polar surface area (TPSA) is 24.7 Å². The summed E-state index contributed by atoms with van der Waals surface area (Å²) in [6.45, 7) is 5.12. The third-order valence-corrected chi connectivity index (χ3v) is 1.72. The number of aliphatic imine (C=N–C) groups is 2. The predicted molar refractivity (Wildman–Crippen MR) is 48.4 cm³/mol. The normalized spacial score (nSPS) is 12.4. The average Bonchev–Trinajstić information content (AvgIpc) is 1.89. The Bertz CT molecular complexity index is 140. The maximum atomic E-state index is 3.92. The minimum Gasteiger partial charge on any atom is -0.271 e. The summed E-state index contributed by atoms with van der Waals surface area (Å²) in [5.41, 5.74) is 0. The van der Waals surface area contributed by atoms with E-state index in [0.29, 0.717) is 0 Å². The minimum absolute atomic E-state index is 0.887. The van der Waals surface area contributed by atoms with E-state index in [2.05, 4.69) is 28.4 Å². The van der Waals surface area contributed by atoms with Crippen molar-refractivity contribution >= 4 is 34.2 Å². The molecule has 0 aliphatic heterocycles. The molecule has 9 heavy (non-hydrogen) atoms. The Balaban J connectivity index is 3.67. The molecule has 0 spiro atoms. The molecule has 0 bridgehead atoms. The molecular formula is C5H8N2S2. The number of rotatable bonds is 2. The van der Waals surface area contributed by atoms with E-state index in [4.69, 9.17) is 0 Å². The lowest BCUT2D eigenvalue weighted by Crippen LogP contribution is -1.73. The average molecular weight is 160 g/mol. The van der Waals surface area contributed by atoms with Crippen LogP contribution in [0.3, 0.4) is 0 Å². The third kappa shape index (κ3) is 5.65. The first-order valence-corrected chi connectivity index (χ1v) is 4.15. The lowest BCUT2D eigenvalue weighted by atomic mass is 10.8. The molecule has 0 radical (unpaired) electrons. The summed E-state index contributed by atoms with van der Waals surface area (Å²) < 4.78 is 0. The third-order valence-electron chi connectivity index (χ3n) is 0.561. The first-order valence-electron chi connectivity index (χ1n) is 2.28. The molecule has 0 rings (SSSR count). The van der Waals surface area contributed by atoms with Crippen LogP contribution in [-0.2, 0) is 0 Å². The Morgan fingerprint density at radius 3 is 2.78 bits per heavy atom. The second kappa shape index (κ2) is 5.91. The van der Waals surface area contributed by atoms with Gasteiger partial charge < -0.3 is 0 Å². The van der Waals surface area contributed by atoms with Crippen molar-refractivity contribution in [3.63, 3.8) is 0 Å². The molecule has 0 aliphatic rings. The Kier molecular flexibility index (Phi) is 5.76. The van der Waals surface area contributed by atoms with Crippen LogP contribution >= 0.6 is 22.5 Å². The maximum Gasteiger partial charge on any atom is 0.0804 e. The largest absolute Gasteiger partial charge is 0.271 e. The number of hydrogen-bond acceptors (Lipinski definition) is 4. The summed E-state index contributed by atoms with van der Waals surface area (Å²) in [5.74, 6) is 0. The Hall–Kier alpha value is -0.220. The monoisotopic (exact) mass is 160 g/mol. The quantitative estimate of drug-likeness (QED) is 0.285. The van der Waals surface area contributed by atoms with E-state index in [1.165, 1.54) is 17.0 Å². The van der Waals surface area contributed by atoms with Crippen LogP contribution in [0.5, 0.6) is 0 Å². The van der Waals surface area contributed by atoms with Crippen molar-refractivity contribution in [2.24, 2.45) is 9.98 Å². The summed E-state index contributed by atoms with van der Waals surface area (Å²) in [6.07, 6.45) is 3.10. The van der Waals surface area contributed by atoms with Crippen LogP contribution in [0.25, 0.3) is 0 Å². The highest BCUT2D eigenvalue weighted by Crippen LogP contribution is 2.07. The van der Waals surface area contributed by atoms with Crippen molar-refractivity contribution in [3.8, 4) is 0 Å². The molecule has 0 N–H and O–H groups in total. The first-order chi connectivity index (χ1) is 4.31. The summed E-state index contributed by atoms with van der Waals surface area (Å²) in [6, 6.07) is 0. The summed E-state index contributed by atoms with van der Waals surface area (Å²) >= 11 is 3.92. The van der Waals surface area contributed by atoms with Gasteiger partial charge in [-0.25, -0.2) is 0 Å². The van der Waals surface area contributed by atoms with E-state index in [9.17, 15) is 0 Å². The van der Waals surface area contributed by atoms with Gasteiger partial charge in [-0.3, -0.25) is 9.98 Å². The van der Waals surface area contributed by atoms with E-state index in [1.54, 1.807) is 6.20 Å². The number of nitrogens with zero attached hydrogens (tertiary/aromatic N) is 2. The highest BCUT2D eigenvalue weighted by atomic mass is 33.1. The molecule has 0 fully saturated rings. The van der Waals surface area contributed by atoms with Crippen LogP contribution in [0.15, 0.2) is 22.4 Å². The Labute approximate surface area is 64.0 Å². The van der Waals surface area contributed by atoms with Crippen LogP contribution in [0.4, 0.5) is 0 Å². The van der Waals surface area contributed by atoms with Gasteiger partial charge in [0, 0.05) is 12.4 Å². The zero-order valence-electron chi connectivity index (χ0n) is 5.11. The van der Waals surface area contributed by atoms with E-state index in [1.807, 2.05) is 6.92 Å². The molecule has 0 saturated carbocycles. The second-order valence-corrected chi connectivity index (χ2v) is 2.54. The molecule has 0 aromatic carbocycles. The molecule has 0 aromatic heterocycles. The smallest absolute Gasteiger partial charge is 0.0804 e. The molecule has 50 valence electrons. The fourth-order valence-corrected chi connectivity index (χ4v) is 0.458. The van der Waals surface area contributed by atoms with Gasteiger partial charge in [0.2, 0.25) is 0 Å². The molecule has 0 saturated heterocycles. The summed E-state index contributed by atoms with van der Waals surface area (Å²) in [7, 11) is 1.31. The first kappa shape index (κ1) is 8.78. The molecule has 4 heteroatoms. The van der Waals surface area contributed by atoms with Gasteiger partial charge in [-0.1, -0.05) is 0 Å². The van der Waals surface area contributed by atoms with Gasteiger partial charge in [-0.2, -0.15) is 0 Å². The zero-order chi connectivity index (χ0) is 7.11. The van der Waals surface area contributed by atoms with Gasteiger partial charge >= 0.3 is 0 Å². The van der Waals surface area contributed by atoms with Crippen molar-refractivity contribution in [1.82, 2.24) is 0 Å². The van der Waals surface area contributed by atoms with Gasteiger partial charge in [-0.15, -0.1) is 11.7 Å². The molecule has 2 nitrogen and oxygen atoms in total. The molecule has 0 heterocycles. The van der Waals surface area contributed by atoms with E-state index in [0.717, 1.165) is 5.04 Å². The predicted octanol–water partition coefficient (Wildman–Crippen LogP) is 2.15. The van der Waals surface area contributed by atoms with Gasteiger partial charge in [0.05, 0.1) is 5.04 Å². The Morgan fingerprint density at radius 1 is 1.67 bits per heavy atom. The number of thiol groups is 1. The van der Waals surface area contributed by atoms with Crippen LogP contribution in [0, 0.1) is 0 Å². The lowest BCUT2D eigenvalue weighted by Gasteiger charge is -1.84. The lowest BCUT2D eigenvalue weighted by molar-refractivity contribution is 1.49. The van der Waals surface area contributed by atoms with Gasteiger partial charge in [0.25, 0.3) is 0 Å². The molecule has 0 unspecified atom stereocenters. The van der Waals surface area contributed by atoms with Crippen molar-refractivity contribution in [3.05, 3.63) is 12.4 Å². The molecule has 0 amide bonds. The molecule has 0 aromatic rings. The van der Waals surface area contributed by atoms with Crippen LogP contribution in [-0.4, -0.2) is 11.8 Å². The fourth-order valence-electron chi connectivity index (χ4n) is 0.209. The summed E-state index contributed by atoms with van der Waals surface area (Å²) in [5, 5.41) is 0.887. The number of hydrogen-bond donors (Lipinski definition) is 1. The highest BCUT2D eigenvalue weighted by molar-refractivity contribution is 8.74. The van der Waals surface area contributed by atoms with Crippen LogP contribution < -0.4 is 0 Å². The van der Waals surface area contributed by atoms with Crippen molar-refractivity contribution in [2.75, 3.05) is 0 Å². The zero-order valence-corrected chi connectivity index (χ0v) is 6.82. The van der Waals surface area contributed by atoms with Crippen LogP contribution in [0.1, 0.15) is 6.92 Å². The van der Waals surface area contributed by atoms with Crippen molar-refractivity contribution in [2.45, 2.75) is 6.92 Å². The molecule has 0 aliphatic carbocycles. The van der Waals surface area contributed by atoms with E-state index in [-0.39, 0.29) is 0 Å². The molecular weight excluding hydrogens is 152 g/mol. The highest BCUT2D eigenvalue weighted by Gasteiger charge is 1.79. The molecule has 0 atom stereocenters. The van der Waals surface area contributed by atoms with Gasteiger partial charge in [-0.05, 0) is 24.4 Å². The SMILES string of the molecule is C=NC=CN=C(C)SS. The maximum absolute atomic E-state index is 3.92. The van der Waals surface area contributed by atoms with Crippen molar-refractivity contribution in [1.29, 1.82) is 0 Å². The van der Waals surface area contributed by atoms with Crippen LogP contribution in [0.2, 0.25) is 0 Å². The van der Waals surface area contributed by atoms with Gasteiger partial charge in [0.1, 0.15) is 0 Å². The summed E-state index contributed by atoms with van der Waals surface area (Å²) in [4.78, 5) is 7.39. The van der Waals surface area contributed by atoms with E-state index < -0.39 is 0 Å². The van der Waals surface area contributed by atoms with E-state index >= 15 is 0 Å². The Morgan fingerprint density at radius 2 is 2.33 bits per heavy atom. The van der Waals surface area contributed by atoms with Crippen molar-refractivity contribution < 1.29 is 0 Å². The minimum atomic E-state index is 0.887. The van der Waals surface area contributed by atoms with Gasteiger partial charge in [0.15, 0.2) is 0 Å². The second-order valence-electron chi connectivity index (χ2n) is 1.22. The standard InChI is InChI=1S/C5H8N2S2/c1-5(9-8)7-4-3-6-2/h3-4,8H,2H2,1H3.